The van der Waals surface area contributed by atoms with Gasteiger partial charge in [0.2, 0.25) is 0 Å². The maximum Gasteiger partial charge on any atom is 0.255 e. The summed E-state index contributed by atoms with van der Waals surface area (Å²) in [5.41, 5.74) is 1.87. The molecule has 3 aromatic rings. The summed E-state index contributed by atoms with van der Waals surface area (Å²) in [6.07, 6.45) is 0. The van der Waals surface area contributed by atoms with Gasteiger partial charge in [-0.15, -0.1) is 0 Å². The van der Waals surface area contributed by atoms with Crippen LogP contribution in [0.2, 0.25) is 0 Å². The van der Waals surface area contributed by atoms with Gasteiger partial charge >= 0.3 is 0 Å². The minimum absolute atomic E-state index is 0.0430. The summed E-state index contributed by atoms with van der Waals surface area (Å²) in [4.78, 5) is 30.3. The average molecular weight is 294 g/mol. The second-order valence-electron chi connectivity index (χ2n) is 5.21. The number of carbonyl (C=O) groups is 1. The lowest BCUT2D eigenvalue weighted by Gasteiger charge is -2.19. The molecule has 0 unspecified atom stereocenters. The Kier molecular flexibility index (Phi) is 3.67. The van der Waals surface area contributed by atoms with Crippen LogP contribution in [0.1, 0.15) is 24.2 Å². The molecular weight excluding hydrogens is 276 g/mol. The molecule has 0 spiro atoms. The standard InChI is InChI=1S/C18H18N2O2/c1-3-20(4-2)18(22)14-10-7-9-13-16(14)19-15-11-6-5-8-12(15)17(13)21/h5-11H,3-4H2,1-2H3,(H,19,21). The Morgan fingerprint density at radius 3 is 2.41 bits per heavy atom. The molecule has 3 rings (SSSR count). The highest BCUT2D eigenvalue weighted by Gasteiger charge is 2.17. The molecule has 1 N–H and O–H groups in total. The van der Waals surface area contributed by atoms with Crippen molar-refractivity contribution in [3.05, 3.63) is 58.3 Å². The van der Waals surface area contributed by atoms with E-state index in [1.165, 1.54) is 0 Å². The van der Waals surface area contributed by atoms with Crippen LogP contribution in [0.4, 0.5) is 0 Å². The van der Waals surface area contributed by atoms with E-state index in [1.54, 1.807) is 29.2 Å². The quantitative estimate of drug-likeness (QED) is 0.754. The predicted molar refractivity (Wildman–Crippen MR) is 89.3 cm³/mol. The summed E-state index contributed by atoms with van der Waals surface area (Å²) < 4.78 is 0. The third-order valence-corrected chi connectivity index (χ3v) is 4.02. The van der Waals surface area contributed by atoms with Crippen LogP contribution in [-0.4, -0.2) is 28.9 Å². The number of carbonyl (C=O) groups excluding carboxylic acids is 1. The van der Waals surface area contributed by atoms with Crippen LogP contribution in [0.25, 0.3) is 21.8 Å². The predicted octanol–water partition coefficient (Wildman–Crippen LogP) is 3.16. The summed E-state index contributed by atoms with van der Waals surface area (Å²) in [6.45, 7) is 5.18. The Balaban J connectivity index is 2.33. The lowest BCUT2D eigenvalue weighted by Crippen LogP contribution is -2.30. The number of amides is 1. The van der Waals surface area contributed by atoms with E-state index in [2.05, 4.69) is 4.98 Å². The monoisotopic (exact) mass is 294 g/mol. The van der Waals surface area contributed by atoms with Gasteiger partial charge in [-0.2, -0.15) is 0 Å². The van der Waals surface area contributed by atoms with Gasteiger partial charge in [-0.3, -0.25) is 9.59 Å². The Morgan fingerprint density at radius 1 is 1.00 bits per heavy atom. The lowest BCUT2D eigenvalue weighted by molar-refractivity contribution is 0.0775. The Labute approximate surface area is 128 Å². The number of pyridine rings is 1. The van der Waals surface area contributed by atoms with Gasteiger partial charge < -0.3 is 9.88 Å². The van der Waals surface area contributed by atoms with Gasteiger partial charge in [0, 0.05) is 29.4 Å². The van der Waals surface area contributed by atoms with E-state index >= 15 is 0 Å². The molecule has 4 heteroatoms. The lowest BCUT2D eigenvalue weighted by atomic mass is 10.1. The van der Waals surface area contributed by atoms with Gasteiger partial charge in [-0.05, 0) is 38.1 Å². The van der Waals surface area contributed by atoms with E-state index in [4.69, 9.17) is 0 Å². The molecule has 4 nitrogen and oxygen atoms in total. The summed E-state index contributed by atoms with van der Waals surface area (Å²) in [5, 5.41) is 1.19. The third kappa shape index (κ3) is 2.17. The van der Waals surface area contributed by atoms with E-state index in [1.807, 2.05) is 32.0 Å². The number of nitrogens with zero attached hydrogens (tertiary/aromatic N) is 1. The van der Waals surface area contributed by atoms with E-state index in [9.17, 15) is 9.59 Å². The molecule has 0 bridgehead atoms. The van der Waals surface area contributed by atoms with Crippen molar-refractivity contribution in [2.45, 2.75) is 13.8 Å². The van der Waals surface area contributed by atoms with Crippen molar-refractivity contribution in [2.24, 2.45) is 0 Å². The molecule has 0 saturated carbocycles. The number of hydrogen-bond donors (Lipinski definition) is 1. The van der Waals surface area contributed by atoms with Gasteiger partial charge in [0.1, 0.15) is 0 Å². The van der Waals surface area contributed by atoms with Crippen molar-refractivity contribution < 1.29 is 4.79 Å². The van der Waals surface area contributed by atoms with E-state index in [0.717, 1.165) is 5.52 Å². The number of fused-ring (bicyclic) bond motifs is 2. The van der Waals surface area contributed by atoms with Gasteiger partial charge in [0.05, 0.1) is 11.1 Å². The number of aromatic nitrogens is 1. The first-order valence-electron chi connectivity index (χ1n) is 7.50. The van der Waals surface area contributed by atoms with Gasteiger partial charge in [-0.25, -0.2) is 0 Å². The Hall–Kier alpha value is -2.62. The molecule has 1 heterocycles. The number of nitrogens with one attached hydrogen (secondary N) is 1. The fraction of sp³-hybridized carbons (Fsp3) is 0.222. The summed E-state index contributed by atoms with van der Waals surface area (Å²) in [5.74, 6) is -0.0541. The number of hydrogen-bond acceptors (Lipinski definition) is 2. The number of para-hydroxylation sites is 2. The molecule has 22 heavy (non-hydrogen) atoms. The minimum atomic E-state index is -0.0541. The van der Waals surface area contributed by atoms with Crippen molar-refractivity contribution in [2.75, 3.05) is 13.1 Å². The van der Waals surface area contributed by atoms with Crippen LogP contribution < -0.4 is 5.43 Å². The molecule has 0 fully saturated rings. The molecule has 0 saturated heterocycles. The van der Waals surface area contributed by atoms with Gasteiger partial charge in [-0.1, -0.05) is 18.2 Å². The van der Waals surface area contributed by atoms with Crippen molar-refractivity contribution in [3.63, 3.8) is 0 Å². The summed E-state index contributed by atoms with van der Waals surface area (Å²) in [6, 6.07) is 12.7. The largest absolute Gasteiger partial charge is 0.354 e. The zero-order valence-electron chi connectivity index (χ0n) is 12.7. The normalized spacial score (nSPS) is 11.0. The highest BCUT2D eigenvalue weighted by Crippen LogP contribution is 2.19. The van der Waals surface area contributed by atoms with Gasteiger partial charge in [0.15, 0.2) is 5.43 Å². The maximum atomic E-state index is 12.7. The molecular formula is C18H18N2O2. The molecule has 0 atom stereocenters. The topological polar surface area (TPSA) is 53.2 Å². The van der Waals surface area contributed by atoms with Crippen LogP contribution in [0, 0.1) is 0 Å². The second-order valence-corrected chi connectivity index (χ2v) is 5.21. The average Bonchev–Trinajstić information content (AvgIpc) is 2.56. The molecule has 0 aliphatic rings. The van der Waals surface area contributed by atoms with Crippen LogP contribution in [0.5, 0.6) is 0 Å². The number of H-pyrrole nitrogens is 1. The fourth-order valence-corrected chi connectivity index (χ4v) is 2.81. The van der Waals surface area contributed by atoms with E-state index in [-0.39, 0.29) is 11.3 Å². The molecule has 0 aliphatic heterocycles. The first-order chi connectivity index (χ1) is 10.7. The van der Waals surface area contributed by atoms with Crippen molar-refractivity contribution in [1.29, 1.82) is 0 Å². The first-order valence-corrected chi connectivity index (χ1v) is 7.50. The zero-order valence-corrected chi connectivity index (χ0v) is 12.7. The Morgan fingerprint density at radius 2 is 1.68 bits per heavy atom. The smallest absolute Gasteiger partial charge is 0.255 e. The molecule has 112 valence electrons. The molecule has 1 aromatic heterocycles. The van der Waals surface area contributed by atoms with Crippen molar-refractivity contribution in [3.8, 4) is 0 Å². The summed E-state index contributed by atoms with van der Waals surface area (Å²) in [7, 11) is 0. The van der Waals surface area contributed by atoms with Crippen molar-refractivity contribution >= 4 is 27.7 Å². The second kappa shape index (κ2) is 5.64. The molecule has 0 aliphatic carbocycles. The van der Waals surface area contributed by atoms with E-state index in [0.29, 0.717) is 34.9 Å². The Bertz CT molecular complexity index is 908. The zero-order chi connectivity index (χ0) is 15.7. The highest BCUT2D eigenvalue weighted by atomic mass is 16.2. The third-order valence-electron chi connectivity index (χ3n) is 4.02. The van der Waals surface area contributed by atoms with Crippen LogP contribution in [-0.2, 0) is 0 Å². The van der Waals surface area contributed by atoms with Crippen LogP contribution in [0.3, 0.4) is 0 Å². The first kappa shape index (κ1) is 14.3. The fourth-order valence-electron chi connectivity index (χ4n) is 2.81. The maximum absolute atomic E-state index is 12.7. The number of aromatic amines is 1. The molecule has 0 radical (unpaired) electrons. The van der Waals surface area contributed by atoms with Crippen LogP contribution >= 0.6 is 0 Å². The SMILES string of the molecule is CCN(CC)C(=O)c1cccc2c(=O)c3ccccc3[nH]c12. The highest BCUT2D eigenvalue weighted by molar-refractivity contribution is 6.07. The number of benzene rings is 2. The van der Waals surface area contributed by atoms with Crippen LogP contribution in [0.15, 0.2) is 47.3 Å². The number of rotatable bonds is 3. The van der Waals surface area contributed by atoms with Gasteiger partial charge in [0.25, 0.3) is 5.91 Å². The molecule has 2 aromatic carbocycles. The van der Waals surface area contributed by atoms with E-state index < -0.39 is 0 Å². The summed E-state index contributed by atoms with van der Waals surface area (Å²) >= 11 is 0. The minimum Gasteiger partial charge on any atom is -0.354 e. The van der Waals surface area contributed by atoms with Crippen molar-refractivity contribution in [1.82, 2.24) is 9.88 Å². The molecule has 1 amide bonds.